The molecule has 1 aromatic heterocycles. The predicted octanol–water partition coefficient (Wildman–Crippen LogP) is 7.20. The van der Waals surface area contributed by atoms with E-state index >= 15 is 4.79 Å². The molecule has 2 heterocycles. The van der Waals surface area contributed by atoms with Crippen LogP contribution < -0.4 is 19.8 Å². The van der Waals surface area contributed by atoms with Gasteiger partial charge < -0.3 is 4.43 Å². The van der Waals surface area contributed by atoms with E-state index in [0.717, 1.165) is 22.2 Å². The highest BCUT2D eigenvalue weighted by Crippen LogP contribution is 2.45. The highest BCUT2D eigenvalue weighted by atomic mass is 35.5. The van der Waals surface area contributed by atoms with E-state index in [1.807, 2.05) is 85.8 Å². The van der Waals surface area contributed by atoms with Gasteiger partial charge >= 0.3 is 6.03 Å². The molecule has 0 bridgehead atoms. The molecule has 0 spiro atoms. The molecule has 1 aliphatic heterocycles. The van der Waals surface area contributed by atoms with Crippen LogP contribution in [0.3, 0.4) is 0 Å². The Labute approximate surface area is 294 Å². The number of hydrogen-bond donors (Lipinski definition) is 0. The van der Waals surface area contributed by atoms with Gasteiger partial charge in [0.05, 0.1) is 17.9 Å². The standard InChI is InChI=1S/C38H40ClN4O4SSi/c1-28-16-15-23-33(39)34(28)43(24-25-47-49(38(2,3)4,31-19-11-7-12-20-31)32-21-13-8-14-22-32)27-29-26-40-36(48(5,45)46)41-35(29)42(37(43)44)30-17-9-6-10-18-30/h6-23,26H,24-25,27H2,1-5H3/q+1. The number of aromatic nitrogens is 2. The number of hydrogen-bond acceptors (Lipinski definition) is 6. The third-order valence-corrected chi connectivity index (χ3v) is 15.4. The van der Waals surface area contributed by atoms with Gasteiger partial charge in [-0.2, -0.15) is 4.98 Å². The Kier molecular flexibility index (Phi) is 9.38. The lowest BCUT2D eigenvalue weighted by atomic mass is 10.1. The minimum absolute atomic E-state index is 0.149. The first-order chi connectivity index (χ1) is 23.3. The monoisotopic (exact) mass is 711 g/mol. The molecule has 1 unspecified atom stereocenters. The molecule has 1 atom stereocenters. The van der Waals surface area contributed by atoms with Gasteiger partial charge in [-0.15, -0.1) is 0 Å². The van der Waals surface area contributed by atoms with Crippen LogP contribution >= 0.6 is 11.6 Å². The summed E-state index contributed by atoms with van der Waals surface area (Å²) in [5.74, 6) is 0.234. The Morgan fingerprint density at radius 1 is 0.878 bits per heavy atom. The molecule has 8 nitrogen and oxygen atoms in total. The van der Waals surface area contributed by atoms with Crippen LogP contribution in [0.25, 0.3) is 0 Å². The van der Waals surface area contributed by atoms with Gasteiger partial charge in [-0.3, -0.25) is 0 Å². The molecule has 1 aliphatic rings. The second-order valence-corrected chi connectivity index (χ2v) is 20.1. The summed E-state index contributed by atoms with van der Waals surface area (Å²) in [6.45, 7) is 9.22. The quantitative estimate of drug-likeness (QED) is 0.0913. The number of benzene rings is 4. The maximum Gasteiger partial charge on any atom is 0.434 e. The SMILES string of the molecule is Cc1cccc(Cl)c1[N+]1(CCO[Si](c2ccccc2)(c2ccccc2)C(C)(C)C)Cc2cnc(S(C)(=O)=O)nc2N(c2ccccc2)C1=O. The Hall–Kier alpha value is -4.19. The van der Waals surface area contributed by atoms with E-state index in [1.54, 1.807) is 6.07 Å². The zero-order valence-electron chi connectivity index (χ0n) is 28.3. The van der Waals surface area contributed by atoms with Gasteiger partial charge in [0.1, 0.15) is 18.1 Å². The van der Waals surface area contributed by atoms with E-state index in [0.29, 0.717) is 22.0 Å². The van der Waals surface area contributed by atoms with Crippen molar-refractivity contribution >= 4 is 63.4 Å². The van der Waals surface area contributed by atoms with Crippen molar-refractivity contribution in [1.29, 1.82) is 0 Å². The van der Waals surface area contributed by atoms with Crippen LogP contribution in [-0.2, 0) is 20.8 Å². The number of fused-ring (bicyclic) bond motifs is 1. The molecule has 0 fully saturated rings. The molecule has 0 saturated heterocycles. The van der Waals surface area contributed by atoms with E-state index < -0.39 is 18.2 Å². The number of urea groups is 1. The molecular formula is C38H40ClN4O4SSi+. The maximum absolute atomic E-state index is 15.4. The van der Waals surface area contributed by atoms with Crippen molar-refractivity contribution in [1.82, 2.24) is 14.5 Å². The van der Waals surface area contributed by atoms with Gasteiger partial charge in [0.15, 0.2) is 11.5 Å². The first-order valence-electron chi connectivity index (χ1n) is 16.1. The number of anilines is 2. The molecule has 11 heteroatoms. The van der Waals surface area contributed by atoms with Crippen LogP contribution in [0, 0.1) is 6.92 Å². The average Bonchev–Trinajstić information content (AvgIpc) is 3.07. The van der Waals surface area contributed by atoms with Crippen molar-refractivity contribution in [2.45, 2.75) is 44.4 Å². The number of carbonyl (C=O) groups excluding carboxylic acids is 1. The number of aryl methyl sites for hydroxylation is 1. The topological polar surface area (TPSA) is 89.5 Å². The molecule has 0 aliphatic carbocycles. The van der Waals surface area contributed by atoms with E-state index in [9.17, 15) is 8.42 Å². The van der Waals surface area contributed by atoms with Crippen LogP contribution in [0.4, 0.5) is 22.0 Å². The molecule has 4 aromatic carbocycles. The summed E-state index contributed by atoms with van der Waals surface area (Å²) in [4.78, 5) is 25.6. The Morgan fingerprint density at radius 3 is 1.98 bits per heavy atom. The summed E-state index contributed by atoms with van der Waals surface area (Å²) in [7, 11) is -6.71. The third kappa shape index (κ3) is 6.24. The normalized spacial score (nSPS) is 16.8. The summed E-state index contributed by atoms with van der Waals surface area (Å²) in [5, 5.41) is 2.10. The zero-order chi connectivity index (χ0) is 35.0. The number of nitrogens with zero attached hydrogens (tertiary/aromatic N) is 4. The molecule has 0 saturated carbocycles. The van der Waals surface area contributed by atoms with Crippen LogP contribution in [0.15, 0.2) is 121 Å². The van der Waals surface area contributed by atoms with Crippen molar-refractivity contribution in [2.75, 3.05) is 24.3 Å². The summed E-state index contributed by atoms with van der Waals surface area (Å²) in [5.41, 5.74) is 2.66. The number of rotatable bonds is 9. The fourth-order valence-corrected chi connectivity index (χ4v) is 12.5. The summed E-state index contributed by atoms with van der Waals surface area (Å²) in [6, 6.07) is 35.2. The zero-order valence-corrected chi connectivity index (χ0v) is 30.9. The number of halogens is 1. The molecule has 49 heavy (non-hydrogen) atoms. The van der Waals surface area contributed by atoms with Crippen molar-refractivity contribution in [3.05, 3.63) is 132 Å². The van der Waals surface area contributed by atoms with E-state index in [4.69, 9.17) is 16.0 Å². The number of para-hydroxylation sites is 2. The second-order valence-electron chi connectivity index (χ2n) is 13.5. The molecular weight excluding hydrogens is 672 g/mol. The summed E-state index contributed by atoms with van der Waals surface area (Å²) < 4.78 is 32.3. The van der Waals surface area contributed by atoms with Gasteiger partial charge in [-0.1, -0.05) is 123 Å². The van der Waals surface area contributed by atoms with Gasteiger partial charge in [-0.25, -0.2) is 27.6 Å². The number of carbonyl (C=O) groups is 1. The van der Waals surface area contributed by atoms with Crippen LogP contribution in [-0.4, -0.2) is 52.1 Å². The minimum Gasteiger partial charge on any atom is -0.402 e. The number of amides is 2. The largest absolute Gasteiger partial charge is 0.434 e. The molecule has 0 radical (unpaired) electrons. The fraction of sp³-hybridized carbons (Fsp3) is 0.237. The lowest BCUT2D eigenvalue weighted by Crippen LogP contribution is -2.68. The molecule has 6 rings (SSSR count). The predicted molar refractivity (Wildman–Crippen MR) is 199 cm³/mol. The van der Waals surface area contributed by atoms with Gasteiger partial charge in [0.2, 0.25) is 15.0 Å². The lowest BCUT2D eigenvalue weighted by Gasteiger charge is -2.46. The smallest absolute Gasteiger partial charge is 0.402 e. The van der Waals surface area contributed by atoms with E-state index in [1.165, 1.54) is 11.1 Å². The van der Waals surface area contributed by atoms with Crippen molar-refractivity contribution in [3.63, 3.8) is 0 Å². The highest BCUT2D eigenvalue weighted by Gasteiger charge is 2.54. The van der Waals surface area contributed by atoms with Gasteiger partial charge in [-0.05, 0) is 40.5 Å². The van der Waals surface area contributed by atoms with Gasteiger partial charge in [0.25, 0.3) is 8.32 Å². The number of sulfone groups is 1. The fourth-order valence-electron chi connectivity index (χ4n) is 7.06. The van der Waals surface area contributed by atoms with Crippen LogP contribution in [0.2, 0.25) is 10.1 Å². The molecule has 0 N–H and O–H groups in total. The second kappa shape index (κ2) is 13.3. The Morgan fingerprint density at radius 2 is 1.45 bits per heavy atom. The first kappa shape index (κ1) is 34.7. The van der Waals surface area contributed by atoms with Gasteiger partial charge in [0, 0.05) is 18.0 Å². The molecule has 2 amide bonds. The molecule has 252 valence electrons. The van der Waals surface area contributed by atoms with Crippen molar-refractivity contribution in [2.24, 2.45) is 0 Å². The minimum atomic E-state index is -3.75. The number of quaternary nitrogens is 1. The first-order valence-corrected chi connectivity index (χ1v) is 20.3. The molecule has 5 aromatic rings. The third-order valence-electron chi connectivity index (χ3n) is 9.20. The van der Waals surface area contributed by atoms with Crippen LogP contribution in [0.1, 0.15) is 31.9 Å². The Bertz CT molecular complexity index is 2040. The van der Waals surface area contributed by atoms with E-state index in [2.05, 4.69) is 55.0 Å². The van der Waals surface area contributed by atoms with Crippen molar-refractivity contribution in [3.8, 4) is 0 Å². The summed E-state index contributed by atoms with van der Waals surface area (Å²) in [6.07, 6.45) is 2.57. The van der Waals surface area contributed by atoms with Crippen LogP contribution in [0.5, 0.6) is 0 Å². The maximum atomic E-state index is 15.4. The summed E-state index contributed by atoms with van der Waals surface area (Å²) >= 11 is 7.03. The lowest BCUT2D eigenvalue weighted by molar-refractivity contribution is 0.181. The highest BCUT2D eigenvalue weighted by molar-refractivity contribution is 7.90. The Balaban J connectivity index is 1.54. The average molecular weight is 712 g/mol. The van der Waals surface area contributed by atoms with E-state index in [-0.39, 0.29) is 46.2 Å². The van der Waals surface area contributed by atoms with Crippen molar-refractivity contribution < 1.29 is 17.6 Å².